The minimum absolute atomic E-state index is 0.482. The van der Waals surface area contributed by atoms with Crippen molar-refractivity contribution in [1.29, 1.82) is 0 Å². The van der Waals surface area contributed by atoms with Crippen LogP contribution in [-0.2, 0) is 10.0 Å². The molecule has 0 fully saturated rings. The van der Waals surface area contributed by atoms with E-state index in [1.807, 2.05) is 48.5 Å². The van der Waals surface area contributed by atoms with E-state index >= 15 is 0 Å². The highest BCUT2D eigenvalue weighted by molar-refractivity contribution is 7.92. The molecule has 0 saturated heterocycles. The van der Waals surface area contributed by atoms with Crippen molar-refractivity contribution < 1.29 is 8.42 Å². The van der Waals surface area contributed by atoms with Crippen molar-refractivity contribution in [3.63, 3.8) is 0 Å². The summed E-state index contributed by atoms with van der Waals surface area (Å²) in [5.74, 6) is 0. The molecule has 1 aromatic heterocycles. The molecule has 27 heavy (non-hydrogen) atoms. The number of pyridine rings is 1. The van der Waals surface area contributed by atoms with Crippen LogP contribution in [0.4, 0.5) is 17.1 Å². The quantitative estimate of drug-likeness (QED) is 0.386. The summed E-state index contributed by atoms with van der Waals surface area (Å²) < 4.78 is 26.8. The monoisotopic (exact) mass is 397 g/mol. The van der Waals surface area contributed by atoms with E-state index in [0.29, 0.717) is 5.69 Å². The lowest BCUT2D eigenvalue weighted by molar-refractivity contribution is 0.607. The van der Waals surface area contributed by atoms with Crippen molar-refractivity contribution in [2.45, 2.75) is 0 Å². The molecular formula is C20H16ClN3O2S. The lowest BCUT2D eigenvalue weighted by Crippen LogP contribution is -2.09. The normalized spacial score (nSPS) is 11.6. The van der Waals surface area contributed by atoms with Crippen molar-refractivity contribution in [2.75, 3.05) is 15.4 Å². The van der Waals surface area contributed by atoms with E-state index in [1.165, 1.54) is 0 Å². The molecule has 0 saturated carbocycles. The zero-order valence-electron chi connectivity index (χ0n) is 14.4. The summed E-state index contributed by atoms with van der Waals surface area (Å²) in [6, 6.07) is 22.6. The van der Waals surface area contributed by atoms with E-state index in [-0.39, 0.29) is 0 Å². The third kappa shape index (κ3) is 3.54. The van der Waals surface area contributed by atoms with Crippen molar-refractivity contribution in [3.05, 3.63) is 72.8 Å². The molecule has 3 aromatic carbocycles. The molecule has 0 aliphatic rings. The van der Waals surface area contributed by atoms with Gasteiger partial charge in [0.2, 0.25) is 10.0 Å². The average molecular weight is 398 g/mol. The molecule has 136 valence electrons. The molecule has 7 heteroatoms. The molecule has 5 nitrogen and oxygen atoms in total. The Balaban J connectivity index is 1.85. The molecule has 1 N–H and O–H groups in total. The number of hydrogen-bond acceptors (Lipinski definition) is 4. The van der Waals surface area contributed by atoms with Crippen LogP contribution in [-0.4, -0.2) is 19.7 Å². The van der Waals surface area contributed by atoms with Gasteiger partial charge in [-0.15, -0.1) is 0 Å². The summed E-state index contributed by atoms with van der Waals surface area (Å²) in [7, 11) is -3.32. The Kier molecular flexibility index (Phi) is 4.37. The molecule has 0 unspecified atom stereocenters. The maximum Gasteiger partial charge on any atom is 0.229 e. The number of halogens is 1. The number of fused-ring (bicyclic) bond motifs is 2. The van der Waals surface area contributed by atoms with Crippen molar-refractivity contribution in [2.24, 2.45) is 0 Å². The van der Waals surface area contributed by atoms with Crippen LogP contribution in [0.1, 0.15) is 0 Å². The van der Waals surface area contributed by atoms with Crippen LogP contribution in [0.15, 0.2) is 72.8 Å². The van der Waals surface area contributed by atoms with Gasteiger partial charge in [0.15, 0.2) is 0 Å². The Morgan fingerprint density at radius 3 is 1.89 bits per heavy atom. The summed E-state index contributed by atoms with van der Waals surface area (Å²) in [6.07, 6.45) is 1.12. The fourth-order valence-electron chi connectivity index (χ4n) is 3.03. The molecule has 0 radical (unpaired) electrons. The Bertz CT molecular complexity index is 1190. The van der Waals surface area contributed by atoms with E-state index in [1.54, 1.807) is 28.7 Å². The maximum absolute atomic E-state index is 11.4. The van der Waals surface area contributed by atoms with Crippen LogP contribution in [0, 0.1) is 0 Å². The van der Waals surface area contributed by atoms with Crippen LogP contribution >= 0.6 is 11.8 Å². The van der Waals surface area contributed by atoms with Crippen molar-refractivity contribution >= 4 is 60.7 Å². The van der Waals surface area contributed by atoms with Gasteiger partial charge in [-0.25, -0.2) is 13.4 Å². The van der Waals surface area contributed by atoms with Crippen LogP contribution in [0.5, 0.6) is 0 Å². The van der Waals surface area contributed by atoms with Crippen LogP contribution in [0.2, 0.25) is 0 Å². The summed E-state index contributed by atoms with van der Waals surface area (Å²) >= 11 is 6.74. The van der Waals surface area contributed by atoms with Gasteiger partial charge in [0.1, 0.15) is 0 Å². The second-order valence-corrected chi connectivity index (χ2v) is 8.28. The van der Waals surface area contributed by atoms with Crippen LogP contribution < -0.4 is 9.14 Å². The number of nitrogens with zero attached hydrogens (tertiary/aromatic N) is 2. The predicted octanol–water partition coefficient (Wildman–Crippen LogP) is 5.05. The SMILES string of the molecule is CS(=O)(=O)Nc1ccc(N(Cl)c2c3ccccc3nc3ccccc23)cc1. The first-order chi connectivity index (χ1) is 12.9. The zero-order valence-corrected chi connectivity index (χ0v) is 16.0. The molecule has 0 atom stereocenters. The Morgan fingerprint density at radius 2 is 1.37 bits per heavy atom. The Labute approximate surface area is 162 Å². The average Bonchev–Trinajstić information content (AvgIpc) is 2.65. The van der Waals surface area contributed by atoms with Gasteiger partial charge in [0.05, 0.1) is 28.7 Å². The van der Waals surface area contributed by atoms with E-state index in [9.17, 15) is 8.42 Å². The molecule has 4 aromatic rings. The number of anilines is 3. The predicted molar refractivity (Wildman–Crippen MR) is 112 cm³/mol. The third-order valence-corrected chi connectivity index (χ3v) is 5.12. The molecule has 1 heterocycles. The van der Waals surface area contributed by atoms with Gasteiger partial charge in [-0.1, -0.05) is 36.4 Å². The summed E-state index contributed by atoms with van der Waals surface area (Å²) in [5.41, 5.74) is 3.74. The van der Waals surface area contributed by atoms with E-state index in [2.05, 4.69) is 4.72 Å². The number of aromatic nitrogens is 1. The minimum Gasteiger partial charge on any atom is -0.284 e. The third-order valence-electron chi connectivity index (χ3n) is 4.15. The molecule has 0 amide bonds. The number of sulfonamides is 1. The van der Waals surface area contributed by atoms with Gasteiger partial charge in [-0.3, -0.25) is 9.14 Å². The molecule has 0 aliphatic carbocycles. The first-order valence-electron chi connectivity index (χ1n) is 8.24. The van der Waals surface area contributed by atoms with Crippen LogP contribution in [0.25, 0.3) is 21.8 Å². The van der Waals surface area contributed by atoms with Gasteiger partial charge in [0, 0.05) is 28.2 Å². The first-order valence-corrected chi connectivity index (χ1v) is 10.5. The van der Waals surface area contributed by atoms with Crippen molar-refractivity contribution in [3.8, 4) is 0 Å². The fraction of sp³-hybridized carbons (Fsp3) is 0.0500. The number of para-hydroxylation sites is 2. The van der Waals surface area contributed by atoms with Crippen LogP contribution in [0.3, 0.4) is 0 Å². The maximum atomic E-state index is 11.4. The van der Waals surface area contributed by atoms with Gasteiger partial charge in [0.25, 0.3) is 0 Å². The number of hydrogen-bond donors (Lipinski definition) is 1. The topological polar surface area (TPSA) is 62.3 Å². The van der Waals surface area contributed by atoms with E-state index < -0.39 is 10.0 Å². The van der Waals surface area contributed by atoms with Gasteiger partial charge < -0.3 is 0 Å². The highest BCUT2D eigenvalue weighted by atomic mass is 35.5. The summed E-state index contributed by atoms with van der Waals surface area (Å²) in [4.78, 5) is 4.71. The van der Waals surface area contributed by atoms with E-state index in [0.717, 1.165) is 39.4 Å². The zero-order chi connectivity index (χ0) is 19.0. The first kappa shape index (κ1) is 17.6. The standard InChI is InChI=1S/C20H16ClN3O2S/c1-27(25,26)23-14-10-12-15(13-11-14)24(21)20-16-6-2-4-8-18(16)22-19-9-5-3-7-17(19)20/h2-13,23H,1H3. The molecule has 0 spiro atoms. The highest BCUT2D eigenvalue weighted by Gasteiger charge is 2.16. The lowest BCUT2D eigenvalue weighted by Gasteiger charge is -2.20. The molecule has 0 bridgehead atoms. The number of nitrogens with one attached hydrogen (secondary N) is 1. The van der Waals surface area contributed by atoms with Gasteiger partial charge in [-0.2, -0.15) is 0 Å². The minimum atomic E-state index is -3.32. The van der Waals surface area contributed by atoms with Crippen molar-refractivity contribution in [1.82, 2.24) is 4.98 Å². The fourth-order valence-corrected chi connectivity index (χ4v) is 3.89. The smallest absolute Gasteiger partial charge is 0.229 e. The molecular weight excluding hydrogens is 382 g/mol. The van der Waals surface area contributed by atoms with E-state index in [4.69, 9.17) is 16.8 Å². The van der Waals surface area contributed by atoms with Gasteiger partial charge >= 0.3 is 0 Å². The Hall–Kier alpha value is -2.83. The summed E-state index contributed by atoms with van der Waals surface area (Å²) in [5, 5.41) is 1.87. The number of rotatable bonds is 4. The second-order valence-electron chi connectivity index (χ2n) is 6.20. The largest absolute Gasteiger partial charge is 0.284 e. The summed E-state index contributed by atoms with van der Waals surface area (Å²) in [6.45, 7) is 0. The second kappa shape index (κ2) is 6.72. The molecule has 0 aliphatic heterocycles. The number of benzene rings is 3. The molecule has 4 rings (SSSR count). The Morgan fingerprint density at radius 1 is 0.852 bits per heavy atom. The van der Waals surface area contributed by atoms with Gasteiger partial charge in [-0.05, 0) is 36.4 Å². The highest BCUT2D eigenvalue weighted by Crippen LogP contribution is 2.39. The lowest BCUT2D eigenvalue weighted by atomic mass is 10.1.